The van der Waals surface area contributed by atoms with E-state index in [1.54, 1.807) is 30.3 Å². The topological polar surface area (TPSA) is 55.0 Å². The summed E-state index contributed by atoms with van der Waals surface area (Å²) in [6.45, 7) is 1.55. The molecular formula is C13H11F3N2O2. The van der Waals surface area contributed by atoms with Crippen LogP contribution in [0.25, 0.3) is 0 Å². The van der Waals surface area contributed by atoms with E-state index in [0.717, 1.165) is 0 Å². The minimum Gasteiger partial charge on any atom is -0.455 e. The molecular weight excluding hydrogens is 273 g/mol. The molecule has 1 N–H and O–H groups in total. The van der Waals surface area contributed by atoms with Crippen molar-refractivity contribution in [2.75, 3.05) is 0 Å². The Kier molecular flexibility index (Phi) is 3.78. The van der Waals surface area contributed by atoms with Gasteiger partial charge < -0.3 is 4.74 Å². The first kappa shape index (κ1) is 14.1. The lowest BCUT2D eigenvalue weighted by molar-refractivity contribution is -0.144. The zero-order chi connectivity index (χ0) is 14.8. The molecule has 0 amide bonds. The number of H-pyrrole nitrogens is 1. The predicted molar refractivity (Wildman–Crippen MR) is 63.8 cm³/mol. The van der Waals surface area contributed by atoms with Gasteiger partial charge in [0, 0.05) is 0 Å². The third kappa shape index (κ3) is 2.66. The number of rotatable bonds is 4. The van der Waals surface area contributed by atoms with Gasteiger partial charge in [-0.15, -0.1) is 0 Å². The Labute approximate surface area is 112 Å². The first-order valence-electron chi connectivity index (χ1n) is 5.71. The fourth-order valence-electron chi connectivity index (χ4n) is 1.97. The van der Waals surface area contributed by atoms with E-state index in [9.17, 15) is 18.0 Å². The van der Waals surface area contributed by atoms with Crippen molar-refractivity contribution < 1.29 is 22.7 Å². The summed E-state index contributed by atoms with van der Waals surface area (Å²) in [4.78, 5) is 10.6. The molecule has 1 aromatic carbocycles. The maximum atomic E-state index is 13.0. The summed E-state index contributed by atoms with van der Waals surface area (Å²) in [6, 6.07) is 8.19. The van der Waals surface area contributed by atoms with Crippen LogP contribution in [0, 0.1) is 6.92 Å². The van der Waals surface area contributed by atoms with Crippen molar-refractivity contribution in [1.29, 1.82) is 0 Å². The van der Waals surface area contributed by atoms with E-state index in [-0.39, 0.29) is 17.7 Å². The molecule has 0 saturated heterocycles. The number of aromatic nitrogens is 2. The summed E-state index contributed by atoms with van der Waals surface area (Å²) < 4.78 is 43.7. The molecule has 0 spiro atoms. The number of carbonyl (C=O) groups excluding carboxylic acids is 1. The van der Waals surface area contributed by atoms with Crippen LogP contribution in [0.1, 0.15) is 28.6 Å². The lowest BCUT2D eigenvalue weighted by Gasteiger charge is -2.18. The molecule has 0 aliphatic heterocycles. The van der Waals surface area contributed by atoms with Crippen LogP contribution in [0.3, 0.4) is 0 Å². The number of alkyl halides is 3. The Morgan fingerprint density at radius 1 is 1.30 bits per heavy atom. The number of carbonyl (C=O) groups is 1. The second-order valence-electron chi connectivity index (χ2n) is 4.12. The van der Waals surface area contributed by atoms with Crippen LogP contribution in [0.5, 0.6) is 0 Å². The van der Waals surface area contributed by atoms with E-state index >= 15 is 0 Å². The summed E-state index contributed by atoms with van der Waals surface area (Å²) in [6.07, 6.45) is -5.75. The highest BCUT2D eigenvalue weighted by Crippen LogP contribution is 2.38. The van der Waals surface area contributed by atoms with E-state index in [4.69, 9.17) is 4.74 Å². The maximum absolute atomic E-state index is 13.0. The van der Waals surface area contributed by atoms with Gasteiger partial charge in [-0.25, -0.2) is 0 Å². The number of hydrogen-bond acceptors (Lipinski definition) is 3. The minimum absolute atomic E-state index is 0.129. The van der Waals surface area contributed by atoms with Crippen molar-refractivity contribution >= 4 is 6.47 Å². The van der Waals surface area contributed by atoms with Gasteiger partial charge in [0.15, 0.2) is 6.10 Å². The highest BCUT2D eigenvalue weighted by atomic mass is 19.4. The minimum atomic E-state index is -4.60. The number of benzene rings is 1. The number of hydrogen-bond donors (Lipinski definition) is 1. The molecule has 2 rings (SSSR count). The highest BCUT2D eigenvalue weighted by Gasteiger charge is 2.39. The molecule has 1 atom stereocenters. The summed E-state index contributed by atoms with van der Waals surface area (Å²) >= 11 is 0. The molecule has 1 heterocycles. The van der Waals surface area contributed by atoms with Gasteiger partial charge in [0.2, 0.25) is 0 Å². The van der Waals surface area contributed by atoms with Gasteiger partial charge in [0.05, 0.1) is 11.3 Å². The van der Waals surface area contributed by atoms with Crippen molar-refractivity contribution in [3.63, 3.8) is 0 Å². The van der Waals surface area contributed by atoms with Gasteiger partial charge in [-0.05, 0) is 12.5 Å². The number of halogens is 3. The van der Waals surface area contributed by atoms with Crippen molar-refractivity contribution in [1.82, 2.24) is 10.2 Å². The average molecular weight is 284 g/mol. The smallest absolute Gasteiger partial charge is 0.433 e. The molecule has 20 heavy (non-hydrogen) atoms. The third-order valence-electron chi connectivity index (χ3n) is 2.83. The first-order chi connectivity index (χ1) is 9.45. The Hall–Kier alpha value is -2.31. The second-order valence-corrected chi connectivity index (χ2v) is 4.12. The Bertz CT molecular complexity index is 593. The summed E-state index contributed by atoms with van der Waals surface area (Å²) in [7, 11) is 0. The molecule has 0 fully saturated rings. The fraction of sp³-hybridized carbons (Fsp3) is 0.231. The molecule has 7 heteroatoms. The van der Waals surface area contributed by atoms with Crippen molar-refractivity contribution in [3.8, 4) is 0 Å². The van der Waals surface area contributed by atoms with Crippen LogP contribution in [-0.4, -0.2) is 16.7 Å². The Morgan fingerprint density at radius 3 is 2.50 bits per heavy atom. The normalized spacial score (nSPS) is 13.0. The molecule has 0 aliphatic carbocycles. The molecule has 1 unspecified atom stereocenters. The largest absolute Gasteiger partial charge is 0.455 e. The predicted octanol–water partition coefficient (Wildman–Crippen LogP) is 3.00. The van der Waals surface area contributed by atoms with Crippen LogP contribution in [-0.2, 0) is 15.7 Å². The number of aromatic amines is 1. The quantitative estimate of drug-likeness (QED) is 0.878. The van der Waals surface area contributed by atoms with E-state index in [2.05, 4.69) is 5.10 Å². The fourth-order valence-corrected chi connectivity index (χ4v) is 1.97. The van der Waals surface area contributed by atoms with Crippen LogP contribution in [0.2, 0.25) is 0 Å². The van der Waals surface area contributed by atoms with E-state index < -0.39 is 18.0 Å². The highest BCUT2D eigenvalue weighted by molar-refractivity contribution is 5.44. The van der Waals surface area contributed by atoms with Gasteiger partial charge in [-0.1, -0.05) is 30.3 Å². The Morgan fingerprint density at radius 2 is 1.95 bits per heavy atom. The Balaban J connectivity index is 2.56. The van der Waals surface area contributed by atoms with Gasteiger partial charge in [-0.2, -0.15) is 18.3 Å². The molecule has 0 saturated carbocycles. The third-order valence-corrected chi connectivity index (χ3v) is 2.83. The second kappa shape index (κ2) is 5.36. The van der Waals surface area contributed by atoms with E-state index in [0.29, 0.717) is 5.56 Å². The average Bonchev–Trinajstić information content (AvgIpc) is 2.79. The number of nitrogens with one attached hydrogen (secondary N) is 1. The SMILES string of the molecule is Cc1n[nH]c(C(F)(F)F)c1C(OC=O)c1ccccc1. The molecule has 2 aromatic rings. The van der Waals surface area contributed by atoms with Crippen LogP contribution < -0.4 is 0 Å². The lowest BCUT2D eigenvalue weighted by atomic mass is 9.99. The van der Waals surface area contributed by atoms with Crippen LogP contribution in [0.15, 0.2) is 30.3 Å². The zero-order valence-corrected chi connectivity index (χ0v) is 10.4. The number of ether oxygens (including phenoxy) is 1. The van der Waals surface area contributed by atoms with Crippen molar-refractivity contribution in [3.05, 3.63) is 52.8 Å². The monoisotopic (exact) mass is 284 g/mol. The number of aryl methyl sites for hydroxylation is 1. The lowest BCUT2D eigenvalue weighted by Crippen LogP contribution is -2.14. The van der Waals surface area contributed by atoms with E-state index in [1.165, 1.54) is 6.92 Å². The summed E-state index contributed by atoms with van der Waals surface area (Å²) in [5.74, 6) is 0. The van der Waals surface area contributed by atoms with Gasteiger partial charge in [0.1, 0.15) is 5.69 Å². The van der Waals surface area contributed by atoms with Crippen LogP contribution >= 0.6 is 0 Å². The van der Waals surface area contributed by atoms with Crippen molar-refractivity contribution in [2.45, 2.75) is 19.2 Å². The van der Waals surface area contributed by atoms with Crippen LogP contribution in [0.4, 0.5) is 13.2 Å². The zero-order valence-electron chi connectivity index (χ0n) is 10.4. The summed E-state index contributed by atoms with van der Waals surface area (Å²) in [5, 5.41) is 5.52. The van der Waals surface area contributed by atoms with Crippen molar-refractivity contribution in [2.24, 2.45) is 0 Å². The first-order valence-corrected chi connectivity index (χ1v) is 5.71. The number of nitrogens with zero attached hydrogens (tertiary/aromatic N) is 1. The standard InChI is InChI=1S/C13H11F3N2O2/c1-8-10(12(18-17-8)13(14,15)16)11(20-7-19)9-5-3-2-4-6-9/h2-7,11H,1H3,(H,17,18). The molecule has 106 valence electrons. The maximum Gasteiger partial charge on any atom is 0.433 e. The molecule has 4 nitrogen and oxygen atoms in total. The molecule has 1 aromatic heterocycles. The molecule has 0 radical (unpaired) electrons. The molecule has 0 aliphatic rings. The molecule has 0 bridgehead atoms. The van der Waals surface area contributed by atoms with Gasteiger partial charge in [-0.3, -0.25) is 9.89 Å². The van der Waals surface area contributed by atoms with E-state index in [1.807, 2.05) is 5.10 Å². The van der Waals surface area contributed by atoms with Gasteiger partial charge >= 0.3 is 6.18 Å². The van der Waals surface area contributed by atoms with Gasteiger partial charge in [0.25, 0.3) is 6.47 Å². The summed E-state index contributed by atoms with van der Waals surface area (Å²) in [5.41, 5.74) is -0.621.